The highest BCUT2D eigenvalue weighted by Gasteiger charge is 2.30. The molecule has 24 heavy (non-hydrogen) atoms. The smallest absolute Gasteiger partial charge is 0.152 e. The quantitative estimate of drug-likeness (QED) is 0.858. The zero-order valence-corrected chi connectivity index (χ0v) is 14.7. The van der Waals surface area contributed by atoms with Gasteiger partial charge < -0.3 is 4.90 Å². The van der Waals surface area contributed by atoms with Gasteiger partial charge in [-0.2, -0.15) is 5.10 Å². The van der Waals surface area contributed by atoms with E-state index < -0.39 is 9.84 Å². The Labute approximate surface area is 143 Å². The second kappa shape index (κ2) is 5.92. The van der Waals surface area contributed by atoms with Crippen LogP contribution >= 0.6 is 0 Å². The molecule has 0 N–H and O–H groups in total. The fraction of sp³-hybridized carbons (Fsp3) is 0.500. The first kappa shape index (κ1) is 15.7. The SMILES string of the molecule is C[C@H]1CCN(Cc2cnn([C@@H]3CCS(=O)(=O)C3)c2)c2ccccc21. The Kier molecular flexibility index (Phi) is 3.87. The third-order valence-corrected chi connectivity index (χ3v) is 7.00. The highest BCUT2D eigenvalue weighted by atomic mass is 32.2. The molecule has 1 aromatic carbocycles. The molecule has 0 amide bonds. The molecule has 0 unspecified atom stereocenters. The van der Waals surface area contributed by atoms with Crippen LogP contribution in [0.3, 0.4) is 0 Å². The summed E-state index contributed by atoms with van der Waals surface area (Å²) in [5.41, 5.74) is 3.87. The van der Waals surface area contributed by atoms with Crippen molar-refractivity contribution >= 4 is 15.5 Å². The van der Waals surface area contributed by atoms with Crippen LogP contribution in [-0.2, 0) is 16.4 Å². The molecule has 6 heteroatoms. The highest BCUT2D eigenvalue weighted by Crippen LogP contribution is 2.35. The molecule has 128 valence electrons. The largest absolute Gasteiger partial charge is 0.367 e. The molecule has 2 aliphatic heterocycles. The van der Waals surface area contributed by atoms with E-state index in [1.165, 1.54) is 11.3 Å². The molecule has 0 bridgehead atoms. The number of nitrogens with zero attached hydrogens (tertiary/aromatic N) is 3. The van der Waals surface area contributed by atoms with Crippen LogP contribution in [-0.4, -0.2) is 36.2 Å². The first-order chi connectivity index (χ1) is 11.5. The number of rotatable bonds is 3. The first-order valence-corrected chi connectivity index (χ1v) is 10.4. The van der Waals surface area contributed by atoms with Crippen molar-refractivity contribution in [3.63, 3.8) is 0 Å². The fourth-order valence-electron chi connectivity index (χ4n) is 3.85. The lowest BCUT2D eigenvalue weighted by Gasteiger charge is -2.34. The Morgan fingerprint density at radius 1 is 1.25 bits per heavy atom. The van der Waals surface area contributed by atoms with Crippen LogP contribution in [0.1, 0.15) is 42.9 Å². The van der Waals surface area contributed by atoms with Gasteiger partial charge in [0.15, 0.2) is 9.84 Å². The van der Waals surface area contributed by atoms with Crippen molar-refractivity contribution in [3.05, 3.63) is 47.8 Å². The molecule has 0 aliphatic carbocycles. The molecule has 2 aliphatic rings. The Morgan fingerprint density at radius 3 is 2.88 bits per heavy atom. The van der Waals surface area contributed by atoms with Gasteiger partial charge in [0.05, 0.1) is 23.7 Å². The van der Waals surface area contributed by atoms with Crippen molar-refractivity contribution in [2.75, 3.05) is 23.0 Å². The first-order valence-electron chi connectivity index (χ1n) is 8.59. The van der Waals surface area contributed by atoms with Gasteiger partial charge in [0.1, 0.15) is 0 Å². The fourth-order valence-corrected chi connectivity index (χ4v) is 5.55. The zero-order chi connectivity index (χ0) is 16.7. The number of anilines is 1. The van der Waals surface area contributed by atoms with E-state index in [-0.39, 0.29) is 17.5 Å². The molecule has 0 spiro atoms. The summed E-state index contributed by atoms with van der Waals surface area (Å²) < 4.78 is 25.2. The zero-order valence-electron chi connectivity index (χ0n) is 13.9. The van der Waals surface area contributed by atoms with E-state index in [1.54, 1.807) is 0 Å². The molecule has 1 saturated heterocycles. The Balaban J connectivity index is 1.52. The summed E-state index contributed by atoms with van der Waals surface area (Å²) in [6, 6.07) is 8.61. The second-order valence-electron chi connectivity index (χ2n) is 7.06. The van der Waals surface area contributed by atoms with Gasteiger partial charge in [-0.05, 0) is 30.4 Å². The van der Waals surface area contributed by atoms with Crippen LogP contribution in [0.4, 0.5) is 5.69 Å². The van der Waals surface area contributed by atoms with Crippen molar-refractivity contribution in [2.24, 2.45) is 0 Å². The number of fused-ring (bicyclic) bond motifs is 1. The lowest BCUT2D eigenvalue weighted by molar-refractivity contribution is 0.499. The summed E-state index contributed by atoms with van der Waals surface area (Å²) >= 11 is 0. The van der Waals surface area contributed by atoms with E-state index >= 15 is 0 Å². The molecule has 2 aromatic rings. The second-order valence-corrected chi connectivity index (χ2v) is 9.28. The Hall–Kier alpha value is -1.82. The van der Waals surface area contributed by atoms with Crippen molar-refractivity contribution < 1.29 is 8.42 Å². The summed E-state index contributed by atoms with van der Waals surface area (Å²) in [4.78, 5) is 2.40. The molecule has 0 radical (unpaired) electrons. The summed E-state index contributed by atoms with van der Waals surface area (Å²) in [5, 5.41) is 4.43. The molecule has 1 aromatic heterocycles. The maximum absolute atomic E-state index is 11.7. The van der Waals surface area contributed by atoms with Gasteiger partial charge in [-0.3, -0.25) is 4.68 Å². The minimum atomic E-state index is -2.88. The van der Waals surface area contributed by atoms with Crippen LogP contribution < -0.4 is 4.90 Å². The van der Waals surface area contributed by atoms with Gasteiger partial charge in [0.2, 0.25) is 0 Å². The van der Waals surface area contributed by atoms with Crippen LogP contribution in [0, 0.1) is 0 Å². The third-order valence-electron chi connectivity index (χ3n) is 5.25. The van der Waals surface area contributed by atoms with Gasteiger partial charge in [-0.25, -0.2) is 8.42 Å². The minimum Gasteiger partial charge on any atom is -0.367 e. The summed E-state index contributed by atoms with van der Waals surface area (Å²) in [7, 11) is -2.88. The molecule has 4 rings (SSSR count). The number of para-hydroxylation sites is 1. The van der Waals surface area contributed by atoms with Crippen molar-refractivity contribution in [1.82, 2.24) is 9.78 Å². The topological polar surface area (TPSA) is 55.2 Å². The average Bonchev–Trinajstić information content (AvgIpc) is 3.16. The summed E-state index contributed by atoms with van der Waals surface area (Å²) in [6.45, 7) is 4.15. The van der Waals surface area contributed by atoms with Gasteiger partial charge in [0, 0.05) is 30.5 Å². The maximum Gasteiger partial charge on any atom is 0.152 e. The lowest BCUT2D eigenvalue weighted by Crippen LogP contribution is -2.29. The molecule has 2 atom stereocenters. The average molecular weight is 345 g/mol. The third kappa shape index (κ3) is 2.95. The van der Waals surface area contributed by atoms with E-state index in [1.807, 2.05) is 17.1 Å². The number of aromatic nitrogens is 2. The number of sulfone groups is 1. The van der Waals surface area contributed by atoms with E-state index in [2.05, 4.69) is 41.2 Å². The number of benzene rings is 1. The van der Waals surface area contributed by atoms with Crippen molar-refractivity contribution in [3.8, 4) is 0 Å². The van der Waals surface area contributed by atoms with E-state index in [9.17, 15) is 8.42 Å². The predicted octanol–water partition coefficient (Wildman–Crippen LogP) is 2.76. The van der Waals surface area contributed by atoms with E-state index in [0.717, 1.165) is 25.1 Å². The van der Waals surface area contributed by atoms with E-state index in [0.29, 0.717) is 12.3 Å². The van der Waals surface area contributed by atoms with Crippen LogP contribution in [0.5, 0.6) is 0 Å². The number of hydrogen-bond acceptors (Lipinski definition) is 4. The van der Waals surface area contributed by atoms with Gasteiger partial charge in [0.25, 0.3) is 0 Å². The molecule has 3 heterocycles. The van der Waals surface area contributed by atoms with Gasteiger partial charge >= 0.3 is 0 Å². The molecule has 1 fully saturated rings. The number of hydrogen-bond donors (Lipinski definition) is 0. The van der Waals surface area contributed by atoms with Gasteiger partial charge in [-0.15, -0.1) is 0 Å². The van der Waals surface area contributed by atoms with Crippen LogP contribution in [0.2, 0.25) is 0 Å². The highest BCUT2D eigenvalue weighted by molar-refractivity contribution is 7.91. The lowest BCUT2D eigenvalue weighted by atomic mass is 9.91. The predicted molar refractivity (Wildman–Crippen MR) is 95.1 cm³/mol. The molecular formula is C18H23N3O2S. The standard InChI is InChI=1S/C18H23N3O2S/c1-14-6-8-20(18-5-3-2-4-17(14)18)11-15-10-19-21(12-15)16-7-9-24(22,23)13-16/h2-5,10,12,14,16H,6-9,11,13H2,1H3/t14-,16+/m0/s1. The van der Waals surface area contributed by atoms with Crippen LogP contribution in [0.15, 0.2) is 36.7 Å². The van der Waals surface area contributed by atoms with Crippen LogP contribution in [0.25, 0.3) is 0 Å². The molecular weight excluding hydrogens is 322 g/mol. The Morgan fingerprint density at radius 2 is 2.08 bits per heavy atom. The molecule has 0 saturated carbocycles. The Bertz CT molecular complexity index is 843. The normalized spacial score (nSPS) is 25.6. The molecule has 5 nitrogen and oxygen atoms in total. The minimum absolute atomic E-state index is 0.00239. The van der Waals surface area contributed by atoms with Gasteiger partial charge in [-0.1, -0.05) is 25.1 Å². The summed E-state index contributed by atoms with van der Waals surface area (Å²) in [6.07, 6.45) is 5.73. The van der Waals surface area contributed by atoms with E-state index in [4.69, 9.17) is 0 Å². The monoisotopic (exact) mass is 345 g/mol. The summed E-state index contributed by atoms with van der Waals surface area (Å²) in [5.74, 6) is 1.10. The van der Waals surface area contributed by atoms with Crippen molar-refractivity contribution in [1.29, 1.82) is 0 Å². The van der Waals surface area contributed by atoms with Crippen molar-refractivity contribution in [2.45, 2.75) is 38.3 Å². The maximum atomic E-state index is 11.7.